The standard InChI is InChI=1S/C16H23BrN2O3/c1-13-2-3-15(14(17)12-13)22-11-4-16(21)19-7-5-18(6-8-19)9-10-20/h2-3,12,20H,4-11H2,1H3. The molecule has 1 saturated heterocycles. The van der Waals surface area contributed by atoms with E-state index in [2.05, 4.69) is 20.8 Å². The third-order valence-electron chi connectivity index (χ3n) is 3.80. The third kappa shape index (κ3) is 4.97. The van der Waals surface area contributed by atoms with Gasteiger partial charge in [0, 0.05) is 32.7 Å². The number of ether oxygens (including phenoxy) is 1. The number of benzene rings is 1. The smallest absolute Gasteiger partial charge is 0.226 e. The SMILES string of the molecule is Cc1ccc(OCCC(=O)N2CCN(CCO)CC2)c(Br)c1. The Balaban J connectivity index is 1.72. The average Bonchev–Trinajstić information content (AvgIpc) is 2.50. The Hall–Kier alpha value is -1.11. The molecule has 0 aromatic heterocycles. The van der Waals surface area contributed by atoms with Crippen LogP contribution < -0.4 is 4.74 Å². The summed E-state index contributed by atoms with van der Waals surface area (Å²) < 4.78 is 6.59. The molecular formula is C16H23BrN2O3. The number of carbonyl (C=O) groups excluding carboxylic acids is 1. The van der Waals surface area contributed by atoms with E-state index in [9.17, 15) is 4.79 Å². The summed E-state index contributed by atoms with van der Waals surface area (Å²) in [7, 11) is 0. The van der Waals surface area contributed by atoms with Gasteiger partial charge in [0.15, 0.2) is 0 Å². The Kier molecular flexibility index (Phi) is 6.67. The molecule has 1 N–H and O–H groups in total. The minimum atomic E-state index is 0.131. The molecule has 122 valence electrons. The quantitative estimate of drug-likeness (QED) is 0.827. The number of hydrogen-bond donors (Lipinski definition) is 1. The Labute approximate surface area is 140 Å². The molecule has 1 aromatic rings. The number of piperazine rings is 1. The van der Waals surface area contributed by atoms with Gasteiger partial charge in [-0.3, -0.25) is 9.69 Å². The Morgan fingerprint density at radius 1 is 1.32 bits per heavy atom. The fraction of sp³-hybridized carbons (Fsp3) is 0.562. The molecule has 1 aliphatic rings. The summed E-state index contributed by atoms with van der Waals surface area (Å²) in [4.78, 5) is 16.2. The molecule has 0 spiro atoms. The van der Waals surface area contributed by atoms with Crippen LogP contribution in [0.1, 0.15) is 12.0 Å². The average molecular weight is 371 g/mol. The molecule has 0 radical (unpaired) electrons. The summed E-state index contributed by atoms with van der Waals surface area (Å²) in [6, 6.07) is 5.90. The van der Waals surface area contributed by atoms with Crippen molar-refractivity contribution >= 4 is 21.8 Å². The molecule has 1 aromatic carbocycles. The second kappa shape index (κ2) is 8.50. The van der Waals surface area contributed by atoms with Gasteiger partial charge in [0.25, 0.3) is 0 Å². The molecule has 0 atom stereocenters. The number of hydrogen-bond acceptors (Lipinski definition) is 4. The van der Waals surface area contributed by atoms with Crippen LogP contribution in [0.15, 0.2) is 22.7 Å². The fourth-order valence-corrected chi connectivity index (χ4v) is 3.10. The van der Waals surface area contributed by atoms with Crippen molar-refractivity contribution in [2.24, 2.45) is 0 Å². The Morgan fingerprint density at radius 3 is 2.68 bits per heavy atom. The van der Waals surface area contributed by atoms with E-state index in [4.69, 9.17) is 9.84 Å². The number of carbonyl (C=O) groups is 1. The highest BCUT2D eigenvalue weighted by atomic mass is 79.9. The molecule has 6 heteroatoms. The first-order chi connectivity index (χ1) is 10.6. The van der Waals surface area contributed by atoms with Crippen molar-refractivity contribution in [3.63, 3.8) is 0 Å². The Bertz CT molecular complexity index is 502. The first-order valence-electron chi connectivity index (χ1n) is 7.60. The van der Waals surface area contributed by atoms with Crippen molar-refractivity contribution in [3.8, 4) is 5.75 Å². The summed E-state index contributed by atoms with van der Waals surface area (Å²) in [5.74, 6) is 0.901. The number of aliphatic hydroxyl groups excluding tert-OH is 1. The van der Waals surface area contributed by atoms with Gasteiger partial charge in [-0.25, -0.2) is 0 Å². The molecule has 5 nitrogen and oxygen atoms in total. The van der Waals surface area contributed by atoms with Crippen LogP contribution in [0, 0.1) is 6.92 Å². The van der Waals surface area contributed by atoms with Gasteiger partial charge in [0.1, 0.15) is 5.75 Å². The van der Waals surface area contributed by atoms with E-state index >= 15 is 0 Å². The molecule has 0 saturated carbocycles. The zero-order valence-electron chi connectivity index (χ0n) is 12.9. The van der Waals surface area contributed by atoms with Gasteiger partial charge in [-0.05, 0) is 40.5 Å². The topological polar surface area (TPSA) is 53.0 Å². The van der Waals surface area contributed by atoms with Crippen LogP contribution in [-0.2, 0) is 4.79 Å². The van der Waals surface area contributed by atoms with Gasteiger partial charge in [-0.2, -0.15) is 0 Å². The summed E-state index contributed by atoms with van der Waals surface area (Å²) in [6.07, 6.45) is 0.389. The van der Waals surface area contributed by atoms with Crippen LogP contribution in [-0.4, -0.2) is 66.8 Å². The maximum Gasteiger partial charge on any atom is 0.226 e. The van der Waals surface area contributed by atoms with Gasteiger partial charge >= 0.3 is 0 Å². The minimum absolute atomic E-state index is 0.131. The first kappa shape index (κ1) is 17.2. The summed E-state index contributed by atoms with van der Waals surface area (Å²) >= 11 is 3.47. The van der Waals surface area contributed by atoms with E-state index in [0.717, 1.165) is 42.0 Å². The van der Waals surface area contributed by atoms with E-state index in [1.807, 2.05) is 30.0 Å². The molecule has 22 heavy (non-hydrogen) atoms. The molecule has 1 fully saturated rings. The number of aliphatic hydroxyl groups is 1. The van der Waals surface area contributed by atoms with Gasteiger partial charge < -0.3 is 14.7 Å². The minimum Gasteiger partial charge on any atom is -0.492 e. The molecule has 1 aliphatic heterocycles. The van der Waals surface area contributed by atoms with Crippen molar-refractivity contribution in [2.75, 3.05) is 45.9 Å². The van der Waals surface area contributed by atoms with Crippen LogP contribution in [0.2, 0.25) is 0 Å². The van der Waals surface area contributed by atoms with Crippen molar-refractivity contribution in [3.05, 3.63) is 28.2 Å². The fourth-order valence-electron chi connectivity index (χ4n) is 2.49. The van der Waals surface area contributed by atoms with Crippen LogP contribution in [0.5, 0.6) is 5.75 Å². The zero-order valence-corrected chi connectivity index (χ0v) is 14.5. The predicted molar refractivity (Wildman–Crippen MR) is 89.1 cm³/mol. The summed E-state index contributed by atoms with van der Waals surface area (Å²) in [5, 5.41) is 8.91. The van der Waals surface area contributed by atoms with Crippen LogP contribution >= 0.6 is 15.9 Å². The van der Waals surface area contributed by atoms with E-state index in [0.29, 0.717) is 19.6 Å². The summed E-state index contributed by atoms with van der Waals surface area (Å²) in [5.41, 5.74) is 1.16. The lowest BCUT2D eigenvalue weighted by Crippen LogP contribution is -2.49. The molecular weight excluding hydrogens is 348 g/mol. The van der Waals surface area contributed by atoms with E-state index in [1.165, 1.54) is 0 Å². The number of nitrogens with zero attached hydrogens (tertiary/aromatic N) is 2. The number of β-amino-alcohol motifs (C(OH)–C–C–N with tert-alkyl or cyclic N) is 1. The molecule has 1 heterocycles. The van der Waals surface area contributed by atoms with Gasteiger partial charge in [0.2, 0.25) is 5.91 Å². The van der Waals surface area contributed by atoms with Crippen molar-refractivity contribution in [1.82, 2.24) is 9.80 Å². The van der Waals surface area contributed by atoms with Crippen LogP contribution in [0.25, 0.3) is 0 Å². The second-order valence-electron chi connectivity index (χ2n) is 5.48. The van der Waals surface area contributed by atoms with Crippen LogP contribution in [0.3, 0.4) is 0 Å². The second-order valence-corrected chi connectivity index (χ2v) is 6.33. The molecule has 1 amide bonds. The van der Waals surface area contributed by atoms with Crippen molar-refractivity contribution in [2.45, 2.75) is 13.3 Å². The van der Waals surface area contributed by atoms with E-state index in [-0.39, 0.29) is 12.5 Å². The summed E-state index contributed by atoms with van der Waals surface area (Å²) in [6.45, 7) is 6.39. The maximum atomic E-state index is 12.2. The predicted octanol–water partition coefficient (Wildman–Crippen LogP) is 1.66. The highest BCUT2D eigenvalue weighted by Gasteiger charge is 2.20. The lowest BCUT2D eigenvalue weighted by atomic mass is 10.2. The van der Waals surface area contributed by atoms with Crippen molar-refractivity contribution < 1.29 is 14.6 Å². The third-order valence-corrected chi connectivity index (χ3v) is 4.42. The molecule has 0 unspecified atom stereocenters. The van der Waals surface area contributed by atoms with Crippen LogP contribution in [0.4, 0.5) is 0 Å². The number of halogens is 1. The molecule has 0 aliphatic carbocycles. The maximum absolute atomic E-state index is 12.2. The Morgan fingerprint density at radius 2 is 2.05 bits per heavy atom. The number of aryl methyl sites for hydroxylation is 1. The van der Waals surface area contributed by atoms with Gasteiger partial charge in [-0.15, -0.1) is 0 Å². The highest BCUT2D eigenvalue weighted by Crippen LogP contribution is 2.25. The highest BCUT2D eigenvalue weighted by molar-refractivity contribution is 9.10. The largest absolute Gasteiger partial charge is 0.492 e. The van der Waals surface area contributed by atoms with E-state index in [1.54, 1.807) is 0 Å². The lowest BCUT2D eigenvalue weighted by molar-refractivity contribution is -0.133. The monoisotopic (exact) mass is 370 g/mol. The molecule has 0 bridgehead atoms. The van der Waals surface area contributed by atoms with E-state index < -0.39 is 0 Å². The lowest BCUT2D eigenvalue weighted by Gasteiger charge is -2.34. The molecule has 2 rings (SSSR count). The number of rotatable bonds is 6. The van der Waals surface area contributed by atoms with Crippen molar-refractivity contribution in [1.29, 1.82) is 0 Å². The van der Waals surface area contributed by atoms with Gasteiger partial charge in [0.05, 0.1) is 24.1 Å². The first-order valence-corrected chi connectivity index (χ1v) is 8.39. The number of amides is 1. The zero-order chi connectivity index (χ0) is 15.9. The normalized spacial score (nSPS) is 15.9. The van der Waals surface area contributed by atoms with Gasteiger partial charge in [-0.1, -0.05) is 6.07 Å².